The lowest BCUT2D eigenvalue weighted by molar-refractivity contribution is -0.119. The van der Waals surface area contributed by atoms with Gasteiger partial charge in [0, 0.05) is 36.3 Å². The third-order valence-electron chi connectivity index (χ3n) is 5.22. The molecule has 3 aromatic carbocycles. The van der Waals surface area contributed by atoms with Crippen LogP contribution in [0.3, 0.4) is 0 Å². The van der Waals surface area contributed by atoms with Gasteiger partial charge in [0.25, 0.3) is 0 Å². The van der Waals surface area contributed by atoms with E-state index < -0.39 is 23.6 Å². The minimum atomic E-state index is -0.826. The summed E-state index contributed by atoms with van der Waals surface area (Å²) in [6.45, 7) is 0.419. The van der Waals surface area contributed by atoms with E-state index in [1.807, 2.05) is 24.3 Å². The summed E-state index contributed by atoms with van der Waals surface area (Å²) in [5.74, 6) is -1.39. The molecule has 1 heterocycles. The van der Waals surface area contributed by atoms with Gasteiger partial charge in [0.1, 0.15) is 11.6 Å². The molecule has 0 saturated carbocycles. The fraction of sp³-hybridized carbons (Fsp3) is 0.0741. The van der Waals surface area contributed by atoms with Crippen LogP contribution in [0.1, 0.15) is 11.1 Å². The largest absolute Gasteiger partial charge is 0.454 e. The molecule has 4 rings (SSSR count). The molecule has 4 aromatic rings. The zero-order chi connectivity index (χ0) is 25.5. The van der Waals surface area contributed by atoms with Crippen molar-refractivity contribution in [1.29, 1.82) is 0 Å². The number of carbonyl (C=O) groups excluding carboxylic acids is 2. The predicted molar refractivity (Wildman–Crippen MR) is 131 cm³/mol. The van der Waals surface area contributed by atoms with Gasteiger partial charge in [-0.15, -0.1) is 0 Å². The predicted octanol–water partition coefficient (Wildman–Crippen LogP) is 5.17. The van der Waals surface area contributed by atoms with Gasteiger partial charge in [-0.25, -0.2) is 13.6 Å². The van der Waals surface area contributed by atoms with Crippen LogP contribution in [-0.2, 0) is 17.8 Å². The summed E-state index contributed by atoms with van der Waals surface area (Å²) in [4.78, 5) is 28.3. The molecular weight excluding hydrogens is 466 g/mol. The van der Waals surface area contributed by atoms with E-state index in [4.69, 9.17) is 10.5 Å². The van der Waals surface area contributed by atoms with Crippen LogP contribution < -0.4 is 21.1 Å². The number of amides is 3. The number of aromatic nitrogens is 1. The van der Waals surface area contributed by atoms with Crippen molar-refractivity contribution >= 4 is 17.6 Å². The second-order valence-corrected chi connectivity index (χ2v) is 7.83. The maximum atomic E-state index is 14.8. The van der Waals surface area contributed by atoms with Crippen LogP contribution in [0.15, 0.2) is 85.2 Å². The number of nitrogens with two attached hydrogens (primary N) is 1. The van der Waals surface area contributed by atoms with Crippen molar-refractivity contribution in [3.8, 4) is 22.6 Å². The monoisotopic (exact) mass is 488 g/mol. The fourth-order valence-electron chi connectivity index (χ4n) is 3.41. The molecule has 0 atom stereocenters. The Bertz CT molecular complexity index is 1380. The van der Waals surface area contributed by atoms with Gasteiger partial charge in [-0.3, -0.25) is 15.1 Å². The minimum Gasteiger partial charge on any atom is -0.454 e. The van der Waals surface area contributed by atoms with Gasteiger partial charge in [0.15, 0.2) is 11.6 Å². The van der Waals surface area contributed by atoms with Crippen LogP contribution in [0.2, 0.25) is 0 Å². The molecule has 0 radical (unpaired) electrons. The number of carbonyl (C=O) groups is 2. The number of nitrogens with one attached hydrogen (secondary N) is 2. The average molecular weight is 488 g/mol. The number of benzene rings is 3. The van der Waals surface area contributed by atoms with Gasteiger partial charge in [-0.2, -0.15) is 0 Å². The quantitative estimate of drug-likeness (QED) is 0.333. The summed E-state index contributed by atoms with van der Waals surface area (Å²) in [5.41, 5.74) is 8.79. The number of anilines is 1. The molecular formula is C27H22F2N4O3. The molecule has 0 saturated heterocycles. The highest BCUT2D eigenvalue weighted by Gasteiger charge is 2.14. The van der Waals surface area contributed by atoms with Gasteiger partial charge in [-0.05, 0) is 47.0 Å². The Morgan fingerprint density at radius 1 is 0.889 bits per heavy atom. The van der Waals surface area contributed by atoms with Gasteiger partial charge in [-0.1, -0.05) is 36.4 Å². The number of nitrogens with zero attached hydrogens (tertiary/aromatic N) is 1. The molecule has 36 heavy (non-hydrogen) atoms. The number of ether oxygens (including phenoxy) is 1. The second-order valence-electron chi connectivity index (χ2n) is 7.83. The van der Waals surface area contributed by atoms with E-state index in [1.54, 1.807) is 12.3 Å². The van der Waals surface area contributed by atoms with Crippen molar-refractivity contribution in [2.75, 3.05) is 5.32 Å². The van der Waals surface area contributed by atoms with E-state index in [2.05, 4.69) is 15.6 Å². The standard InChI is InChI=1S/C27H22F2N4O3/c28-20-7-3-17(4-8-20)13-26(34)33-27(35)32-21-9-10-25(23(29)14-21)36-24-11-12-31-16-22(24)19-5-1-18(15-30)2-6-19/h1-12,14,16H,13,15,30H2,(H2,32,33,34,35). The van der Waals surface area contributed by atoms with E-state index in [0.29, 0.717) is 23.4 Å². The topological polar surface area (TPSA) is 106 Å². The fourth-order valence-corrected chi connectivity index (χ4v) is 3.41. The maximum absolute atomic E-state index is 14.8. The third-order valence-corrected chi connectivity index (χ3v) is 5.22. The number of hydrogen-bond donors (Lipinski definition) is 3. The van der Waals surface area contributed by atoms with Crippen molar-refractivity contribution in [2.45, 2.75) is 13.0 Å². The lowest BCUT2D eigenvalue weighted by Crippen LogP contribution is -2.35. The number of hydrogen-bond acceptors (Lipinski definition) is 5. The van der Waals surface area contributed by atoms with Crippen molar-refractivity contribution in [1.82, 2.24) is 10.3 Å². The number of rotatable bonds is 7. The van der Waals surface area contributed by atoms with Crippen LogP contribution in [0.5, 0.6) is 11.5 Å². The Kier molecular flexibility index (Phi) is 7.62. The first-order valence-electron chi connectivity index (χ1n) is 11.0. The van der Waals surface area contributed by atoms with Crippen LogP contribution >= 0.6 is 0 Å². The van der Waals surface area contributed by atoms with E-state index >= 15 is 0 Å². The first kappa shape index (κ1) is 24.5. The molecule has 182 valence electrons. The molecule has 0 spiro atoms. The number of halogens is 2. The molecule has 0 aliphatic carbocycles. The van der Waals surface area contributed by atoms with E-state index in [9.17, 15) is 18.4 Å². The smallest absolute Gasteiger partial charge is 0.325 e. The summed E-state index contributed by atoms with van der Waals surface area (Å²) in [6, 6.07) is 17.6. The molecule has 7 nitrogen and oxygen atoms in total. The number of urea groups is 1. The molecule has 0 aliphatic rings. The Labute approximate surface area is 205 Å². The number of imide groups is 1. The number of pyridine rings is 1. The zero-order valence-corrected chi connectivity index (χ0v) is 19.0. The summed E-state index contributed by atoms with van der Waals surface area (Å²) < 4.78 is 33.6. The highest BCUT2D eigenvalue weighted by atomic mass is 19.1. The lowest BCUT2D eigenvalue weighted by atomic mass is 10.0. The molecule has 1 aromatic heterocycles. The van der Waals surface area contributed by atoms with Crippen molar-refractivity contribution < 1.29 is 23.1 Å². The Morgan fingerprint density at radius 3 is 2.31 bits per heavy atom. The van der Waals surface area contributed by atoms with Crippen LogP contribution in [0.4, 0.5) is 19.3 Å². The van der Waals surface area contributed by atoms with Crippen LogP contribution in [0.25, 0.3) is 11.1 Å². The highest BCUT2D eigenvalue weighted by molar-refractivity contribution is 6.01. The Hall–Kier alpha value is -4.63. The van der Waals surface area contributed by atoms with Crippen molar-refractivity contribution in [2.24, 2.45) is 5.73 Å². The summed E-state index contributed by atoms with van der Waals surface area (Å²) in [7, 11) is 0. The lowest BCUT2D eigenvalue weighted by Gasteiger charge is -2.13. The van der Waals surface area contributed by atoms with E-state index in [0.717, 1.165) is 17.2 Å². The molecule has 0 fully saturated rings. The highest BCUT2D eigenvalue weighted by Crippen LogP contribution is 2.34. The molecule has 9 heteroatoms. The van der Waals surface area contributed by atoms with Crippen LogP contribution in [0, 0.1) is 11.6 Å². The third kappa shape index (κ3) is 6.28. The molecule has 0 aliphatic heterocycles. The van der Waals surface area contributed by atoms with E-state index in [-0.39, 0.29) is 17.9 Å². The normalized spacial score (nSPS) is 10.5. The van der Waals surface area contributed by atoms with E-state index in [1.165, 1.54) is 42.6 Å². The molecule has 0 unspecified atom stereocenters. The van der Waals surface area contributed by atoms with Gasteiger partial charge in [0.2, 0.25) is 5.91 Å². The van der Waals surface area contributed by atoms with Crippen molar-refractivity contribution in [3.63, 3.8) is 0 Å². The molecule has 4 N–H and O–H groups in total. The second kappa shape index (κ2) is 11.2. The Morgan fingerprint density at radius 2 is 1.61 bits per heavy atom. The van der Waals surface area contributed by atoms with Gasteiger partial charge < -0.3 is 15.8 Å². The SMILES string of the molecule is NCc1ccc(-c2cnccc2Oc2ccc(NC(=O)NC(=O)Cc3ccc(F)cc3)cc2F)cc1. The minimum absolute atomic E-state index is 0.0561. The Balaban J connectivity index is 1.40. The molecule has 3 amide bonds. The first-order chi connectivity index (χ1) is 17.4. The molecule has 0 bridgehead atoms. The first-order valence-corrected chi connectivity index (χ1v) is 11.0. The maximum Gasteiger partial charge on any atom is 0.325 e. The average Bonchev–Trinajstić information content (AvgIpc) is 2.87. The summed E-state index contributed by atoms with van der Waals surface area (Å²) in [6.07, 6.45) is 3.04. The summed E-state index contributed by atoms with van der Waals surface area (Å²) >= 11 is 0. The zero-order valence-electron chi connectivity index (χ0n) is 19.0. The van der Waals surface area contributed by atoms with Crippen molar-refractivity contribution in [3.05, 3.63) is 108 Å². The summed E-state index contributed by atoms with van der Waals surface area (Å²) in [5, 5.41) is 4.55. The van der Waals surface area contributed by atoms with Gasteiger partial charge >= 0.3 is 6.03 Å². The van der Waals surface area contributed by atoms with Gasteiger partial charge in [0.05, 0.1) is 6.42 Å². The van der Waals surface area contributed by atoms with Crippen LogP contribution in [-0.4, -0.2) is 16.9 Å².